The monoisotopic (exact) mass is 295 g/mol. The van der Waals surface area contributed by atoms with Crippen molar-refractivity contribution in [1.82, 2.24) is 5.32 Å². The normalized spacial score (nSPS) is 10.8. The first-order chi connectivity index (χ1) is 10.0. The molecule has 0 radical (unpaired) electrons. The van der Waals surface area contributed by atoms with Gasteiger partial charge in [-0.15, -0.1) is 0 Å². The van der Waals surface area contributed by atoms with Gasteiger partial charge in [0.1, 0.15) is 12.4 Å². The van der Waals surface area contributed by atoms with Crippen LogP contribution in [0.3, 0.4) is 0 Å². The first-order valence-corrected chi connectivity index (χ1v) is 6.56. The number of nitrogens with one attached hydrogen (secondary N) is 1. The summed E-state index contributed by atoms with van der Waals surface area (Å²) in [6, 6.07) is 4.18. The topological polar surface area (TPSA) is 75.6 Å². The molecule has 0 heterocycles. The first-order valence-electron chi connectivity index (χ1n) is 6.56. The zero-order valence-corrected chi connectivity index (χ0v) is 11.8. The Labute approximate surface area is 122 Å². The van der Waals surface area contributed by atoms with E-state index in [0.717, 1.165) is 12.5 Å². The zero-order chi connectivity index (χ0) is 15.7. The van der Waals surface area contributed by atoms with E-state index < -0.39 is 11.8 Å². The molecule has 1 rings (SSSR count). The molecular weight excluding hydrogens is 277 g/mol. The summed E-state index contributed by atoms with van der Waals surface area (Å²) in [4.78, 5) is 21.9. The van der Waals surface area contributed by atoms with Crippen LogP contribution in [0, 0.1) is 5.82 Å². The maximum Gasteiger partial charge on any atom is 0.328 e. The molecule has 2 N–H and O–H groups in total. The lowest BCUT2D eigenvalue weighted by Gasteiger charge is -2.07. The van der Waals surface area contributed by atoms with Crippen LogP contribution >= 0.6 is 0 Å². The van der Waals surface area contributed by atoms with Gasteiger partial charge in [0, 0.05) is 24.8 Å². The van der Waals surface area contributed by atoms with E-state index in [1.165, 1.54) is 24.3 Å². The molecule has 0 unspecified atom stereocenters. The minimum absolute atomic E-state index is 0.0227. The van der Waals surface area contributed by atoms with E-state index in [9.17, 15) is 14.0 Å². The summed E-state index contributed by atoms with van der Waals surface area (Å²) in [5, 5.41) is 11.1. The van der Waals surface area contributed by atoms with Crippen molar-refractivity contribution in [3.05, 3.63) is 41.2 Å². The van der Waals surface area contributed by atoms with Crippen molar-refractivity contribution in [1.29, 1.82) is 0 Å². The van der Waals surface area contributed by atoms with Crippen LogP contribution in [0.25, 0.3) is 6.08 Å². The minimum atomic E-state index is -1.08. The molecule has 0 saturated heterocycles. The molecule has 1 amide bonds. The Bertz CT molecular complexity index is 528. The molecule has 0 spiro atoms. The first kappa shape index (κ1) is 16.8. The quantitative estimate of drug-likeness (QED) is 0.568. The summed E-state index contributed by atoms with van der Waals surface area (Å²) < 4.78 is 18.7. The van der Waals surface area contributed by atoms with Gasteiger partial charge < -0.3 is 15.2 Å². The third-order valence-corrected chi connectivity index (χ3v) is 2.55. The van der Waals surface area contributed by atoms with E-state index in [0.29, 0.717) is 12.2 Å². The van der Waals surface area contributed by atoms with Crippen molar-refractivity contribution in [3.8, 4) is 0 Å². The number of rotatable bonds is 8. The standard InChI is InChI=1S/C15H18FNO4/c1-2-7-21-10-14(18)17-9-12-8-11(3-5-13(12)16)4-6-15(19)20/h3-6,8H,2,7,9-10H2,1H3,(H,17,18)(H,19,20)/b6-4+. The molecule has 0 aliphatic rings. The molecule has 0 aliphatic carbocycles. The highest BCUT2D eigenvalue weighted by Gasteiger charge is 2.06. The molecule has 0 aromatic heterocycles. The summed E-state index contributed by atoms with van der Waals surface area (Å²) in [5.41, 5.74) is 0.830. The second-order valence-electron chi connectivity index (χ2n) is 4.35. The van der Waals surface area contributed by atoms with Crippen LogP contribution in [0.4, 0.5) is 4.39 Å². The largest absolute Gasteiger partial charge is 0.478 e. The van der Waals surface area contributed by atoms with Crippen molar-refractivity contribution in [2.45, 2.75) is 19.9 Å². The van der Waals surface area contributed by atoms with Gasteiger partial charge in [-0.05, 0) is 30.2 Å². The Hall–Kier alpha value is -2.21. The SMILES string of the molecule is CCCOCC(=O)NCc1cc(/C=C/C(=O)O)ccc1F. The summed E-state index contributed by atoms with van der Waals surface area (Å²) in [6.07, 6.45) is 3.14. The number of benzene rings is 1. The Morgan fingerprint density at radius 3 is 2.86 bits per heavy atom. The summed E-state index contributed by atoms with van der Waals surface area (Å²) >= 11 is 0. The maximum atomic E-state index is 13.6. The number of hydrogen-bond donors (Lipinski definition) is 2. The van der Waals surface area contributed by atoms with Crippen LogP contribution < -0.4 is 5.32 Å². The summed E-state index contributed by atoms with van der Waals surface area (Å²) in [7, 11) is 0. The molecule has 1 aromatic rings. The fraction of sp³-hybridized carbons (Fsp3) is 0.333. The predicted octanol–water partition coefficient (Wildman–Crippen LogP) is 1.97. The van der Waals surface area contributed by atoms with Gasteiger partial charge in [0.25, 0.3) is 0 Å². The zero-order valence-electron chi connectivity index (χ0n) is 11.8. The van der Waals surface area contributed by atoms with Gasteiger partial charge in [0.15, 0.2) is 0 Å². The lowest BCUT2D eigenvalue weighted by molar-refractivity contribution is -0.131. The van der Waals surface area contributed by atoms with E-state index in [1.807, 2.05) is 6.92 Å². The average molecular weight is 295 g/mol. The molecule has 0 aliphatic heterocycles. The van der Waals surface area contributed by atoms with Crippen LogP contribution in [0.5, 0.6) is 0 Å². The van der Waals surface area contributed by atoms with Gasteiger partial charge in [-0.1, -0.05) is 13.0 Å². The highest BCUT2D eigenvalue weighted by molar-refractivity contribution is 5.85. The number of ether oxygens (including phenoxy) is 1. The van der Waals surface area contributed by atoms with Gasteiger partial charge in [-0.3, -0.25) is 4.79 Å². The molecule has 0 fully saturated rings. The van der Waals surface area contributed by atoms with Crippen LogP contribution in [0.2, 0.25) is 0 Å². The highest BCUT2D eigenvalue weighted by Crippen LogP contribution is 2.12. The second kappa shape index (κ2) is 8.86. The average Bonchev–Trinajstić information content (AvgIpc) is 2.45. The molecule has 114 valence electrons. The van der Waals surface area contributed by atoms with Gasteiger partial charge >= 0.3 is 5.97 Å². The van der Waals surface area contributed by atoms with E-state index in [4.69, 9.17) is 9.84 Å². The third-order valence-electron chi connectivity index (χ3n) is 2.55. The molecule has 0 bridgehead atoms. The minimum Gasteiger partial charge on any atom is -0.478 e. The van der Waals surface area contributed by atoms with Crippen molar-refractivity contribution in [2.24, 2.45) is 0 Å². The number of carboxylic acids is 1. The summed E-state index contributed by atoms with van der Waals surface area (Å²) in [5.74, 6) is -1.87. The lowest BCUT2D eigenvalue weighted by atomic mass is 10.1. The fourth-order valence-corrected chi connectivity index (χ4v) is 1.56. The van der Waals surface area contributed by atoms with Crippen molar-refractivity contribution >= 4 is 18.0 Å². The van der Waals surface area contributed by atoms with Crippen molar-refractivity contribution < 1.29 is 23.8 Å². The van der Waals surface area contributed by atoms with Crippen LogP contribution in [-0.2, 0) is 20.9 Å². The summed E-state index contributed by atoms with van der Waals surface area (Å²) in [6.45, 7) is 2.39. The van der Waals surface area contributed by atoms with Crippen LogP contribution in [-0.4, -0.2) is 30.2 Å². The van der Waals surface area contributed by atoms with Crippen molar-refractivity contribution in [2.75, 3.05) is 13.2 Å². The van der Waals surface area contributed by atoms with Crippen LogP contribution in [0.15, 0.2) is 24.3 Å². The lowest BCUT2D eigenvalue weighted by Crippen LogP contribution is -2.27. The Balaban J connectivity index is 2.59. The Morgan fingerprint density at radius 1 is 1.43 bits per heavy atom. The highest BCUT2D eigenvalue weighted by atomic mass is 19.1. The fourth-order valence-electron chi connectivity index (χ4n) is 1.56. The molecule has 0 atom stereocenters. The smallest absolute Gasteiger partial charge is 0.328 e. The second-order valence-corrected chi connectivity index (χ2v) is 4.35. The number of carbonyl (C=O) groups excluding carboxylic acids is 1. The molecule has 0 saturated carbocycles. The molecule has 21 heavy (non-hydrogen) atoms. The third kappa shape index (κ3) is 6.67. The van der Waals surface area contributed by atoms with E-state index in [1.54, 1.807) is 0 Å². The van der Waals surface area contributed by atoms with Crippen molar-refractivity contribution in [3.63, 3.8) is 0 Å². The van der Waals surface area contributed by atoms with Gasteiger partial charge in [-0.2, -0.15) is 0 Å². The predicted molar refractivity (Wildman–Crippen MR) is 76.0 cm³/mol. The Kier molecular flexibility index (Phi) is 7.11. The maximum absolute atomic E-state index is 13.6. The van der Waals surface area contributed by atoms with E-state index in [2.05, 4.69) is 5.32 Å². The number of amides is 1. The van der Waals surface area contributed by atoms with Gasteiger partial charge in [0.05, 0.1) is 0 Å². The molecule has 5 nitrogen and oxygen atoms in total. The number of halogens is 1. The van der Waals surface area contributed by atoms with Gasteiger partial charge in [0.2, 0.25) is 5.91 Å². The van der Waals surface area contributed by atoms with Gasteiger partial charge in [-0.25, -0.2) is 9.18 Å². The molecule has 6 heteroatoms. The Morgan fingerprint density at radius 2 is 2.19 bits per heavy atom. The molecular formula is C15H18FNO4. The number of hydrogen-bond acceptors (Lipinski definition) is 3. The molecule has 1 aromatic carbocycles. The van der Waals surface area contributed by atoms with E-state index >= 15 is 0 Å². The number of aliphatic carboxylic acids is 1. The van der Waals surface area contributed by atoms with Crippen LogP contribution in [0.1, 0.15) is 24.5 Å². The number of carbonyl (C=O) groups is 2. The number of carboxylic acid groups (broad SMARTS) is 1. The van der Waals surface area contributed by atoms with E-state index in [-0.39, 0.29) is 24.6 Å².